The van der Waals surface area contributed by atoms with Gasteiger partial charge in [0.2, 0.25) is 0 Å². The van der Waals surface area contributed by atoms with Crippen LogP contribution in [0.3, 0.4) is 0 Å². The number of hydrogen-bond donors (Lipinski definition) is 2. The largest absolute Gasteiger partial charge is 0.394 e. The molecule has 0 aliphatic carbocycles. The molecule has 2 heterocycles. The number of nitrogens with one attached hydrogen (secondary N) is 1. The van der Waals surface area contributed by atoms with Crippen LogP contribution in [0.25, 0.3) is 0 Å². The third-order valence-corrected chi connectivity index (χ3v) is 3.95. The lowest BCUT2D eigenvalue weighted by Crippen LogP contribution is -2.36. The number of aliphatic hydroxyl groups is 1. The Bertz CT molecular complexity index is 397. The second-order valence-electron chi connectivity index (χ2n) is 5.37. The first-order chi connectivity index (χ1) is 9.27. The van der Waals surface area contributed by atoms with Crippen LogP contribution in [0, 0.1) is 5.92 Å². The predicted molar refractivity (Wildman–Crippen MR) is 78.2 cm³/mol. The van der Waals surface area contributed by atoms with Gasteiger partial charge in [-0.3, -0.25) is 0 Å². The Hall–Kier alpha value is -1.13. The van der Waals surface area contributed by atoms with Gasteiger partial charge in [0.1, 0.15) is 5.82 Å². The molecule has 19 heavy (non-hydrogen) atoms. The lowest BCUT2D eigenvalue weighted by Gasteiger charge is -2.28. The smallest absolute Gasteiger partial charge is 0.133 e. The standard InChI is InChI=1S/C15H25N3O/c1-3-7-16-10-13-5-4-8-17-15(13)18-9-6-12(2)14(18)11-19/h4-5,8,12,14,16,19H,3,6-7,9-11H2,1-2H3. The number of pyridine rings is 1. The molecule has 0 saturated carbocycles. The summed E-state index contributed by atoms with van der Waals surface area (Å²) in [5, 5.41) is 13.0. The van der Waals surface area contributed by atoms with Crippen LogP contribution in [0.15, 0.2) is 18.3 Å². The number of aromatic nitrogens is 1. The second kappa shape index (κ2) is 6.87. The van der Waals surface area contributed by atoms with Crippen molar-refractivity contribution in [2.75, 3.05) is 24.6 Å². The number of nitrogens with zero attached hydrogens (tertiary/aromatic N) is 2. The Kier molecular flexibility index (Phi) is 5.16. The number of aliphatic hydroxyl groups excluding tert-OH is 1. The van der Waals surface area contributed by atoms with Crippen molar-refractivity contribution in [3.05, 3.63) is 23.9 Å². The van der Waals surface area contributed by atoms with Gasteiger partial charge < -0.3 is 15.3 Å². The van der Waals surface area contributed by atoms with Crippen molar-refractivity contribution in [2.24, 2.45) is 5.92 Å². The summed E-state index contributed by atoms with van der Waals surface area (Å²) >= 11 is 0. The summed E-state index contributed by atoms with van der Waals surface area (Å²) in [6.07, 6.45) is 4.11. The first kappa shape index (κ1) is 14.3. The van der Waals surface area contributed by atoms with Gasteiger partial charge in [-0.15, -0.1) is 0 Å². The maximum atomic E-state index is 9.59. The van der Waals surface area contributed by atoms with E-state index in [4.69, 9.17) is 0 Å². The summed E-state index contributed by atoms with van der Waals surface area (Å²) < 4.78 is 0. The number of rotatable bonds is 6. The predicted octanol–water partition coefficient (Wildman–Crippen LogP) is 1.79. The van der Waals surface area contributed by atoms with Crippen molar-refractivity contribution in [1.29, 1.82) is 0 Å². The molecule has 2 N–H and O–H groups in total. The molecule has 1 aromatic heterocycles. The molecule has 0 aromatic carbocycles. The van der Waals surface area contributed by atoms with Crippen LogP contribution < -0.4 is 10.2 Å². The van der Waals surface area contributed by atoms with E-state index in [-0.39, 0.29) is 12.6 Å². The zero-order valence-electron chi connectivity index (χ0n) is 12.0. The Morgan fingerprint density at radius 2 is 2.37 bits per heavy atom. The molecular formula is C15H25N3O. The van der Waals surface area contributed by atoms with Gasteiger partial charge in [-0.25, -0.2) is 4.98 Å². The highest BCUT2D eigenvalue weighted by atomic mass is 16.3. The molecule has 1 fully saturated rings. The van der Waals surface area contributed by atoms with E-state index < -0.39 is 0 Å². The van der Waals surface area contributed by atoms with Crippen LogP contribution in [-0.2, 0) is 6.54 Å². The maximum Gasteiger partial charge on any atom is 0.133 e. The summed E-state index contributed by atoms with van der Waals surface area (Å²) in [5.41, 5.74) is 1.23. The van der Waals surface area contributed by atoms with Gasteiger partial charge in [0.15, 0.2) is 0 Å². The topological polar surface area (TPSA) is 48.4 Å². The SMILES string of the molecule is CCCNCc1cccnc1N1CCC(C)C1CO. The van der Waals surface area contributed by atoms with Crippen molar-refractivity contribution in [2.45, 2.75) is 39.3 Å². The molecule has 0 radical (unpaired) electrons. The zero-order valence-corrected chi connectivity index (χ0v) is 12.0. The third kappa shape index (κ3) is 3.25. The highest BCUT2D eigenvalue weighted by Gasteiger charge is 2.32. The van der Waals surface area contributed by atoms with Gasteiger partial charge >= 0.3 is 0 Å². The molecule has 0 amide bonds. The fraction of sp³-hybridized carbons (Fsp3) is 0.667. The highest BCUT2D eigenvalue weighted by Crippen LogP contribution is 2.30. The Morgan fingerprint density at radius 3 is 3.11 bits per heavy atom. The molecule has 1 aromatic rings. The van der Waals surface area contributed by atoms with Gasteiger partial charge in [-0.2, -0.15) is 0 Å². The molecule has 2 unspecified atom stereocenters. The molecule has 2 atom stereocenters. The number of anilines is 1. The van der Waals surface area contributed by atoms with Crippen molar-refractivity contribution in [1.82, 2.24) is 10.3 Å². The van der Waals surface area contributed by atoms with Crippen molar-refractivity contribution < 1.29 is 5.11 Å². The molecule has 0 spiro atoms. The van der Waals surface area contributed by atoms with E-state index in [9.17, 15) is 5.11 Å². The fourth-order valence-electron chi connectivity index (χ4n) is 2.78. The van der Waals surface area contributed by atoms with E-state index in [1.54, 1.807) is 0 Å². The molecule has 4 heteroatoms. The van der Waals surface area contributed by atoms with Gasteiger partial charge in [-0.1, -0.05) is 19.9 Å². The summed E-state index contributed by atoms with van der Waals surface area (Å²) in [6.45, 7) is 7.44. The molecule has 106 valence electrons. The van der Waals surface area contributed by atoms with E-state index in [1.807, 2.05) is 12.3 Å². The summed E-state index contributed by atoms with van der Waals surface area (Å²) in [4.78, 5) is 6.82. The van der Waals surface area contributed by atoms with Crippen molar-refractivity contribution in [3.8, 4) is 0 Å². The number of hydrogen-bond acceptors (Lipinski definition) is 4. The molecule has 0 bridgehead atoms. The van der Waals surface area contributed by atoms with Gasteiger partial charge in [0.05, 0.1) is 12.6 Å². The Morgan fingerprint density at radius 1 is 1.53 bits per heavy atom. The van der Waals surface area contributed by atoms with Crippen LogP contribution in [0.1, 0.15) is 32.3 Å². The fourth-order valence-corrected chi connectivity index (χ4v) is 2.78. The lowest BCUT2D eigenvalue weighted by molar-refractivity contribution is 0.244. The molecule has 1 saturated heterocycles. The van der Waals surface area contributed by atoms with E-state index in [0.717, 1.165) is 38.3 Å². The average molecular weight is 263 g/mol. The van der Waals surface area contributed by atoms with Crippen LogP contribution in [0.5, 0.6) is 0 Å². The first-order valence-electron chi connectivity index (χ1n) is 7.30. The summed E-state index contributed by atoms with van der Waals surface area (Å²) in [7, 11) is 0. The van der Waals surface area contributed by atoms with E-state index in [1.165, 1.54) is 5.56 Å². The quantitative estimate of drug-likeness (QED) is 0.768. The van der Waals surface area contributed by atoms with E-state index in [0.29, 0.717) is 5.92 Å². The minimum Gasteiger partial charge on any atom is -0.394 e. The van der Waals surface area contributed by atoms with Gasteiger partial charge in [0, 0.05) is 24.8 Å². The van der Waals surface area contributed by atoms with Crippen LogP contribution in [0.2, 0.25) is 0 Å². The molecule has 1 aliphatic heterocycles. The van der Waals surface area contributed by atoms with E-state index >= 15 is 0 Å². The van der Waals surface area contributed by atoms with Gasteiger partial charge in [-0.05, 0) is 31.4 Å². The minimum atomic E-state index is 0.208. The normalized spacial score (nSPS) is 23.0. The third-order valence-electron chi connectivity index (χ3n) is 3.95. The van der Waals surface area contributed by atoms with Crippen molar-refractivity contribution in [3.63, 3.8) is 0 Å². The minimum absolute atomic E-state index is 0.208. The molecule has 1 aliphatic rings. The summed E-state index contributed by atoms with van der Waals surface area (Å²) in [6, 6.07) is 4.32. The van der Waals surface area contributed by atoms with Crippen LogP contribution in [-0.4, -0.2) is 35.8 Å². The Balaban J connectivity index is 2.14. The van der Waals surface area contributed by atoms with Gasteiger partial charge in [0.25, 0.3) is 0 Å². The molecule has 2 rings (SSSR count). The van der Waals surface area contributed by atoms with Crippen LogP contribution in [0.4, 0.5) is 5.82 Å². The molecule has 4 nitrogen and oxygen atoms in total. The van der Waals surface area contributed by atoms with Crippen LogP contribution >= 0.6 is 0 Å². The first-order valence-corrected chi connectivity index (χ1v) is 7.30. The van der Waals surface area contributed by atoms with E-state index in [2.05, 4.69) is 35.1 Å². The second-order valence-corrected chi connectivity index (χ2v) is 5.37. The maximum absolute atomic E-state index is 9.59. The average Bonchev–Trinajstić information content (AvgIpc) is 2.80. The lowest BCUT2D eigenvalue weighted by atomic mass is 10.0. The Labute approximate surface area is 115 Å². The summed E-state index contributed by atoms with van der Waals surface area (Å²) in [5.74, 6) is 1.57. The molecular weight excluding hydrogens is 238 g/mol. The highest BCUT2D eigenvalue weighted by molar-refractivity contribution is 5.49. The van der Waals surface area contributed by atoms with Crippen molar-refractivity contribution >= 4 is 5.82 Å². The zero-order chi connectivity index (χ0) is 13.7. The monoisotopic (exact) mass is 263 g/mol.